The van der Waals surface area contributed by atoms with Crippen LogP contribution in [0.2, 0.25) is 0 Å². The smallest absolute Gasteiger partial charge is 0.251 e. The highest BCUT2D eigenvalue weighted by Crippen LogP contribution is 2.23. The molecule has 2 aliphatic rings. The number of carbonyl (C=O) groups is 3. The predicted molar refractivity (Wildman–Crippen MR) is 112 cm³/mol. The lowest BCUT2D eigenvalue weighted by molar-refractivity contribution is -0.146. The van der Waals surface area contributed by atoms with Gasteiger partial charge in [0.15, 0.2) is 0 Å². The van der Waals surface area contributed by atoms with Crippen molar-refractivity contribution in [1.82, 2.24) is 9.80 Å². The van der Waals surface area contributed by atoms with E-state index in [1.165, 1.54) is 0 Å². The van der Waals surface area contributed by atoms with Gasteiger partial charge in [-0.1, -0.05) is 12.1 Å². The molecule has 0 unspecified atom stereocenters. The molecule has 0 saturated carbocycles. The van der Waals surface area contributed by atoms with Crippen molar-refractivity contribution in [3.63, 3.8) is 0 Å². The maximum atomic E-state index is 12.4. The van der Waals surface area contributed by atoms with Crippen molar-refractivity contribution in [2.45, 2.75) is 44.6 Å². The summed E-state index contributed by atoms with van der Waals surface area (Å²) in [6, 6.07) is 7.27. The number of ether oxygens (including phenoxy) is 2. The van der Waals surface area contributed by atoms with Crippen LogP contribution < -0.4 is 10.1 Å². The number of amides is 3. The number of para-hydroxylation sites is 2. The van der Waals surface area contributed by atoms with E-state index in [1.807, 2.05) is 21.9 Å². The minimum atomic E-state index is -0.297. The first-order chi connectivity index (χ1) is 14.6. The molecule has 164 valence electrons. The van der Waals surface area contributed by atoms with Gasteiger partial charge in [-0.05, 0) is 37.8 Å². The summed E-state index contributed by atoms with van der Waals surface area (Å²) < 4.78 is 10.7. The molecular formula is C22H31N3O5. The van der Waals surface area contributed by atoms with Crippen LogP contribution >= 0.6 is 0 Å². The molecule has 3 rings (SSSR count). The summed E-state index contributed by atoms with van der Waals surface area (Å²) >= 11 is 0. The van der Waals surface area contributed by atoms with Crippen molar-refractivity contribution in [2.75, 3.05) is 45.2 Å². The van der Waals surface area contributed by atoms with Crippen molar-refractivity contribution >= 4 is 23.4 Å². The number of nitrogens with zero attached hydrogens (tertiary/aromatic N) is 2. The molecule has 0 spiro atoms. The number of rotatable bonds is 8. The number of piperazine rings is 1. The second-order valence-corrected chi connectivity index (χ2v) is 7.66. The Morgan fingerprint density at radius 3 is 2.47 bits per heavy atom. The lowest BCUT2D eigenvalue weighted by atomic mass is 10.1. The summed E-state index contributed by atoms with van der Waals surface area (Å²) in [7, 11) is 1.56. The van der Waals surface area contributed by atoms with Crippen LogP contribution in [0.5, 0.6) is 5.75 Å². The van der Waals surface area contributed by atoms with Crippen molar-refractivity contribution < 1.29 is 23.9 Å². The van der Waals surface area contributed by atoms with Gasteiger partial charge in [-0.2, -0.15) is 0 Å². The number of unbranched alkanes of at least 4 members (excludes halogenated alkanes) is 1. The van der Waals surface area contributed by atoms with Crippen LogP contribution in [0.25, 0.3) is 0 Å². The third kappa shape index (κ3) is 5.95. The molecule has 2 aliphatic heterocycles. The number of nitrogens with one attached hydrogen (secondary N) is 1. The highest BCUT2D eigenvalue weighted by atomic mass is 16.5. The molecule has 0 aromatic heterocycles. The van der Waals surface area contributed by atoms with Gasteiger partial charge in [-0.3, -0.25) is 14.4 Å². The zero-order valence-corrected chi connectivity index (χ0v) is 17.6. The molecule has 0 bridgehead atoms. The van der Waals surface area contributed by atoms with Crippen LogP contribution in [0, 0.1) is 0 Å². The van der Waals surface area contributed by atoms with Crippen LogP contribution in [0.3, 0.4) is 0 Å². The summed E-state index contributed by atoms with van der Waals surface area (Å²) in [5.41, 5.74) is 0.650. The zero-order chi connectivity index (χ0) is 21.3. The number of hydrogen-bond donors (Lipinski definition) is 1. The Balaban J connectivity index is 1.31. The molecule has 1 N–H and O–H groups in total. The van der Waals surface area contributed by atoms with Crippen LogP contribution in [0.4, 0.5) is 5.69 Å². The summed E-state index contributed by atoms with van der Waals surface area (Å²) in [5, 5.41) is 2.84. The van der Waals surface area contributed by atoms with Crippen molar-refractivity contribution in [2.24, 2.45) is 0 Å². The highest BCUT2D eigenvalue weighted by molar-refractivity contribution is 5.92. The van der Waals surface area contributed by atoms with Gasteiger partial charge in [-0.15, -0.1) is 0 Å². The molecule has 2 fully saturated rings. The van der Waals surface area contributed by atoms with Gasteiger partial charge >= 0.3 is 0 Å². The fraction of sp³-hybridized carbons (Fsp3) is 0.591. The summed E-state index contributed by atoms with van der Waals surface area (Å²) in [6.07, 6.45) is 3.51. The number of anilines is 1. The zero-order valence-electron chi connectivity index (χ0n) is 17.6. The topological polar surface area (TPSA) is 88.2 Å². The fourth-order valence-corrected chi connectivity index (χ4v) is 3.83. The van der Waals surface area contributed by atoms with Gasteiger partial charge in [0.25, 0.3) is 5.91 Å². The second-order valence-electron chi connectivity index (χ2n) is 7.66. The molecule has 2 saturated heterocycles. The van der Waals surface area contributed by atoms with E-state index in [0.717, 1.165) is 12.8 Å². The van der Waals surface area contributed by atoms with E-state index >= 15 is 0 Å². The van der Waals surface area contributed by atoms with Crippen molar-refractivity contribution in [3.05, 3.63) is 24.3 Å². The monoisotopic (exact) mass is 417 g/mol. The Morgan fingerprint density at radius 1 is 1.07 bits per heavy atom. The van der Waals surface area contributed by atoms with E-state index in [1.54, 1.807) is 19.2 Å². The first-order valence-electron chi connectivity index (χ1n) is 10.7. The van der Waals surface area contributed by atoms with Gasteiger partial charge in [-0.25, -0.2) is 0 Å². The van der Waals surface area contributed by atoms with Gasteiger partial charge in [0.1, 0.15) is 11.9 Å². The molecule has 1 aromatic carbocycles. The minimum Gasteiger partial charge on any atom is -0.495 e. The largest absolute Gasteiger partial charge is 0.495 e. The molecule has 2 heterocycles. The minimum absolute atomic E-state index is 0.0562. The Kier molecular flexibility index (Phi) is 8.07. The molecule has 3 amide bonds. The molecule has 1 atom stereocenters. The van der Waals surface area contributed by atoms with E-state index < -0.39 is 0 Å². The number of methoxy groups -OCH3 is 1. The molecule has 8 nitrogen and oxygen atoms in total. The molecule has 30 heavy (non-hydrogen) atoms. The van der Waals surface area contributed by atoms with Gasteiger partial charge < -0.3 is 24.6 Å². The van der Waals surface area contributed by atoms with E-state index in [0.29, 0.717) is 69.9 Å². The maximum Gasteiger partial charge on any atom is 0.251 e. The predicted octanol–water partition coefficient (Wildman–Crippen LogP) is 2.04. The summed E-state index contributed by atoms with van der Waals surface area (Å²) in [5.74, 6) is 0.677. The Labute approximate surface area is 177 Å². The number of benzene rings is 1. The van der Waals surface area contributed by atoms with Gasteiger partial charge in [0.05, 0.1) is 12.8 Å². The van der Waals surface area contributed by atoms with E-state index in [4.69, 9.17) is 9.47 Å². The van der Waals surface area contributed by atoms with E-state index in [-0.39, 0.29) is 23.8 Å². The van der Waals surface area contributed by atoms with E-state index in [2.05, 4.69) is 5.32 Å². The standard InChI is InChI=1S/C22H31N3O5/c1-29-18-8-3-2-7-17(18)23-20(26)10-4-5-11-21(27)24-12-14-25(15-13-24)22(28)19-9-6-16-30-19/h2-3,7-8,19H,4-6,9-16H2,1H3,(H,23,26)/t19-/m0/s1. The Morgan fingerprint density at radius 2 is 1.77 bits per heavy atom. The number of hydrogen-bond acceptors (Lipinski definition) is 5. The average molecular weight is 418 g/mol. The molecule has 1 aromatic rings. The third-order valence-corrected chi connectivity index (χ3v) is 5.57. The van der Waals surface area contributed by atoms with Crippen LogP contribution in [-0.2, 0) is 19.1 Å². The lowest BCUT2D eigenvalue weighted by Crippen LogP contribution is -2.52. The normalized spacial score (nSPS) is 18.9. The second kappa shape index (κ2) is 11.0. The fourth-order valence-electron chi connectivity index (χ4n) is 3.83. The maximum absolute atomic E-state index is 12.4. The van der Waals surface area contributed by atoms with Gasteiger partial charge in [0.2, 0.25) is 11.8 Å². The molecule has 8 heteroatoms. The SMILES string of the molecule is COc1ccccc1NC(=O)CCCCC(=O)N1CCN(C(=O)[C@@H]2CCCO2)CC1. The highest BCUT2D eigenvalue weighted by Gasteiger charge is 2.31. The Hall–Kier alpha value is -2.61. The van der Waals surface area contributed by atoms with Crippen molar-refractivity contribution in [3.8, 4) is 5.75 Å². The number of carbonyl (C=O) groups excluding carboxylic acids is 3. The molecule has 0 aliphatic carbocycles. The van der Waals surface area contributed by atoms with Crippen LogP contribution in [0.15, 0.2) is 24.3 Å². The molecule has 0 radical (unpaired) electrons. The summed E-state index contributed by atoms with van der Waals surface area (Å²) in [4.78, 5) is 40.6. The summed E-state index contributed by atoms with van der Waals surface area (Å²) in [6.45, 7) is 2.90. The molecular weight excluding hydrogens is 386 g/mol. The van der Waals surface area contributed by atoms with Crippen LogP contribution in [-0.4, -0.2) is 73.5 Å². The first kappa shape index (κ1) is 22.1. The first-order valence-corrected chi connectivity index (χ1v) is 10.7. The average Bonchev–Trinajstić information content (AvgIpc) is 3.31. The Bertz CT molecular complexity index is 740. The van der Waals surface area contributed by atoms with Crippen LogP contribution in [0.1, 0.15) is 38.5 Å². The van der Waals surface area contributed by atoms with E-state index in [9.17, 15) is 14.4 Å². The third-order valence-electron chi connectivity index (χ3n) is 5.57. The van der Waals surface area contributed by atoms with Gasteiger partial charge in [0, 0.05) is 45.6 Å². The lowest BCUT2D eigenvalue weighted by Gasteiger charge is -2.35. The quantitative estimate of drug-likeness (QED) is 0.654. The van der Waals surface area contributed by atoms with Crippen molar-refractivity contribution in [1.29, 1.82) is 0 Å².